The Bertz CT molecular complexity index is 1090. The van der Waals surface area contributed by atoms with Gasteiger partial charge in [-0.15, -0.1) is 0 Å². The summed E-state index contributed by atoms with van der Waals surface area (Å²) in [6.07, 6.45) is 5.95. The maximum Gasteiger partial charge on any atom is 1.00 e. The Morgan fingerprint density at radius 2 is 0.885 bits per heavy atom. The molecule has 0 N–H and O–H groups in total. The summed E-state index contributed by atoms with van der Waals surface area (Å²) in [7, 11) is -8.23. The first-order valence-corrected chi connectivity index (χ1v) is 16.5. The largest absolute Gasteiger partial charge is 1.00 e. The maximum atomic E-state index is 11.4. The first kappa shape index (κ1) is 74.4. The summed E-state index contributed by atoms with van der Waals surface area (Å²) in [5, 5.41) is -11.0. The standard InChI is InChI=1S/2C9H18N2.C3H6O.2C2H2F4O3S.2CH4.2ClH.2K/c2*1-4-5-6-11-8-7-10(3)9(11)2;1-3(2)4;2*3-1(4)2(5,6)10(7,8)9;;;;;;/h2*7-9H,4-6H2,1-3H3;1-2H3;2*1H,(H,7,8,9);2*1H4;2*1H;;/q;;;;;;;;;2*+1/p-4. The summed E-state index contributed by atoms with van der Waals surface area (Å²) in [6, 6.07) is 0. The molecule has 2 heterocycles. The Labute approximate surface area is 403 Å². The number of alkyl halides is 8. The van der Waals surface area contributed by atoms with Crippen LogP contribution in [0, 0.1) is 0 Å². The molecule has 0 aromatic rings. The Morgan fingerprint density at radius 1 is 0.673 bits per heavy atom. The van der Waals surface area contributed by atoms with Gasteiger partial charge in [-0.3, -0.25) is 0 Å². The van der Waals surface area contributed by atoms with Crippen molar-refractivity contribution in [2.75, 3.05) is 27.2 Å². The van der Waals surface area contributed by atoms with E-state index in [-0.39, 0.29) is 148 Å². The summed E-state index contributed by atoms with van der Waals surface area (Å²) >= 11 is 0. The van der Waals surface area contributed by atoms with Crippen LogP contribution >= 0.6 is 0 Å². The molecular formula is C27H52Cl2F8K2N4O7S2-2. The first-order valence-electron chi connectivity index (χ1n) is 13.6. The van der Waals surface area contributed by atoms with E-state index in [2.05, 4.69) is 86.2 Å². The molecule has 2 aliphatic heterocycles. The van der Waals surface area contributed by atoms with Crippen molar-refractivity contribution in [3.05, 3.63) is 24.8 Å². The number of carbonyl (C=O) groups is 1. The molecule has 11 nitrogen and oxygen atoms in total. The van der Waals surface area contributed by atoms with Crippen LogP contribution in [0.25, 0.3) is 0 Å². The van der Waals surface area contributed by atoms with E-state index in [9.17, 15) is 65.9 Å². The Balaban J connectivity index is -0.0000000631. The minimum absolute atomic E-state index is 0. The van der Waals surface area contributed by atoms with Gasteiger partial charge < -0.3 is 58.3 Å². The van der Waals surface area contributed by atoms with E-state index in [1.165, 1.54) is 52.6 Å². The zero-order valence-electron chi connectivity index (χ0n) is 29.6. The van der Waals surface area contributed by atoms with Gasteiger partial charge >= 0.3 is 126 Å². The summed E-state index contributed by atoms with van der Waals surface area (Å²) in [5.74, 6) is 0.167. The molecule has 25 heteroatoms. The molecule has 2 unspecified atom stereocenters. The van der Waals surface area contributed by atoms with E-state index in [1.54, 1.807) is 0 Å². The molecule has 0 radical (unpaired) electrons. The fraction of sp³-hybridized carbons (Fsp3) is 0.815. The van der Waals surface area contributed by atoms with Crippen LogP contribution in [0.1, 0.15) is 82.1 Å². The van der Waals surface area contributed by atoms with Gasteiger partial charge in [-0.1, -0.05) is 41.5 Å². The molecule has 0 spiro atoms. The number of nitrogens with zero attached hydrogens (tertiary/aromatic N) is 4. The van der Waals surface area contributed by atoms with Gasteiger partial charge in [0, 0.05) is 52.0 Å². The number of ketones is 1. The Kier molecular flexibility index (Phi) is 51.0. The monoisotopic (exact) mass is 908 g/mol. The molecular weight excluding hydrogens is 858 g/mol. The quantitative estimate of drug-likeness (QED) is 0.118. The SMILES string of the molecule is C.C.CC(C)=O.CCCCN1C=CN(C)C1C.CCCCN1C=CN(C)C1C.O=S(=O)([O-])C(F)(F)C(F)F.O=S(=O)([O-])C(F)(F)C(F)F.[Cl-].[Cl-].[K+].[K+]. The minimum Gasteiger partial charge on any atom is -1.00 e. The van der Waals surface area contributed by atoms with E-state index in [1.807, 2.05) is 0 Å². The summed E-state index contributed by atoms with van der Waals surface area (Å²) < 4.78 is 145. The zero-order chi connectivity index (χ0) is 37.3. The molecule has 0 bridgehead atoms. The topological polar surface area (TPSA) is 144 Å². The van der Waals surface area contributed by atoms with Gasteiger partial charge in [0.25, 0.3) is 0 Å². The van der Waals surface area contributed by atoms with Gasteiger partial charge in [0.05, 0.1) is 12.3 Å². The second-order valence-corrected chi connectivity index (χ2v) is 12.8. The summed E-state index contributed by atoms with van der Waals surface area (Å²) in [5.41, 5.74) is 0. The molecule has 2 rings (SSSR count). The van der Waals surface area contributed by atoms with Crippen LogP contribution in [0.2, 0.25) is 0 Å². The first-order chi connectivity index (χ1) is 20.6. The zero-order valence-corrected chi connectivity index (χ0v) is 39.0. The van der Waals surface area contributed by atoms with Gasteiger partial charge in [-0.2, -0.15) is 17.6 Å². The number of unbranched alkanes of at least 4 members (excludes halogenated alkanes) is 2. The maximum absolute atomic E-state index is 11.4. The third-order valence-corrected chi connectivity index (χ3v) is 7.53. The molecule has 0 aromatic carbocycles. The van der Waals surface area contributed by atoms with Gasteiger partial charge in [0.1, 0.15) is 5.78 Å². The molecule has 308 valence electrons. The number of carbonyl (C=O) groups excluding carboxylic acids is 1. The van der Waals surface area contributed by atoms with Crippen molar-refractivity contribution in [1.29, 1.82) is 0 Å². The van der Waals surface area contributed by atoms with Crippen molar-refractivity contribution in [3.63, 3.8) is 0 Å². The molecule has 2 atom stereocenters. The molecule has 0 saturated carbocycles. The van der Waals surface area contributed by atoms with Crippen molar-refractivity contribution in [2.24, 2.45) is 0 Å². The number of hydrogen-bond acceptors (Lipinski definition) is 11. The molecule has 0 fully saturated rings. The Hall–Kier alpha value is 1.46. The number of hydrogen-bond donors (Lipinski definition) is 0. The van der Waals surface area contributed by atoms with Gasteiger partial charge in [0.2, 0.25) is 0 Å². The van der Waals surface area contributed by atoms with E-state index in [0.717, 1.165) is 0 Å². The molecule has 0 saturated heterocycles. The second-order valence-electron chi connectivity index (χ2n) is 9.92. The number of halogens is 10. The van der Waals surface area contributed by atoms with Crippen LogP contribution in [0.4, 0.5) is 35.1 Å². The fourth-order valence-electron chi connectivity index (χ4n) is 2.77. The van der Waals surface area contributed by atoms with Crippen LogP contribution in [0.5, 0.6) is 0 Å². The predicted octanol–water partition coefficient (Wildman–Crippen LogP) is -5.64. The van der Waals surface area contributed by atoms with Crippen molar-refractivity contribution in [3.8, 4) is 0 Å². The van der Waals surface area contributed by atoms with Crippen molar-refractivity contribution in [2.45, 2.75) is 118 Å². The number of rotatable bonds is 10. The van der Waals surface area contributed by atoms with Crippen LogP contribution < -0.4 is 128 Å². The van der Waals surface area contributed by atoms with Gasteiger partial charge in [-0.05, 0) is 40.5 Å². The van der Waals surface area contributed by atoms with Gasteiger partial charge in [0.15, 0.2) is 20.2 Å². The van der Waals surface area contributed by atoms with E-state index < -0.39 is 43.6 Å². The average molecular weight is 910 g/mol. The van der Waals surface area contributed by atoms with Crippen LogP contribution in [-0.2, 0) is 25.0 Å². The van der Waals surface area contributed by atoms with Crippen molar-refractivity contribution in [1.82, 2.24) is 19.6 Å². The molecule has 52 heavy (non-hydrogen) atoms. The molecule has 2 aliphatic rings. The Morgan fingerprint density at radius 3 is 0.981 bits per heavy atom. The van der Waals surface area contributed by atoms with Crippen LogP contribution in [-0.4, -0.2) is 114 Å². The summed E-state index contributed by atoms with van der Waals surface area (Å²) in [6.45, 7) is 14.4. The van der Waals surface area contributed by atoms with Crippen molar-refractivity contribution < 1.29 is 193 Å². The second kappa shape index (κ2) is 35.6. The number of Topliss-reactive ketones (excluding diaryl/α,β-unsaturated/α-hetero) is 1. The fourth-order valence-corrected chi connectivity index (χ4v) is 3.21. The smallest absolute Gasteiger partial charge is 1.00 e. The molecule has 0 amide bonds. The average Bonchev–Trinajstić information content (AvgIpc) is 3.40. The van der Waals surface area contributed by atoms with Gasteiger partial charge in [-0.25, -0.2) is 34.4 Å². The summed E-state index contributed by atoms with van der Waals surface area (Å²) in [4.78, 5) is 18.7. The third-order valence-electron chi connectivity index (χ3n) is 5.84. The molecule has 0 aromatic heterocycles. The van der Waals surface area contributed by atoms with Crippen LogP contribution in [0.15, 0.2) is 24.8 Å². The predicted molar refractivity (Wildman–Crippen MR) is 167 cm³/mol. The normalized spacial score (nSPS) is 15.8. The van der Waals surface area contributed by atoms with E-state index in [0.29, 0.717) is 12.3 Å². The van der Waals surface area contributed by atoms with E-state index >= 15 is 0 Å². The minimum atomic E-state index is -6.23. The van der Waals surface area contributed by atoms with Crippen LogP contribution in [0.3, 0.4) is 0 Å². The van der Waals surface area contributed by atoms with Crippen molar-refractivity contribution >= 4 is 26.0 Å². The molecule has 0 aliphatic carbocycles. The third kappa shape index (κ3) is 30.6. The van der Waals surface area contributed by atoms with E-state index in [4.69, 9.17) is 0 Å².